The maximum atomic E-state index is 12.9. The van der Waals surface area contributed by atoms with Gasteiger partial charge in [-0.2, -0.15) is 5.10 Å². The predicted molar refractivity (Wildman–Crippen MR) is 121 cm³/mol. The van der Waals surface area contributed by atoms with Gasteiger partial charge in [-0.05, 0) is 47.7 Å². The van der Waals surface area contributed by atoms with Gasteiger partial charge >= 0.3 is 5.97 Å². The van der Waals surface area contributed by atoms with Gasteiger partial charge in [0.2, 0.25) is 5.91 Å². The number of carbonyl (C=O) groups excluding carboxylic acids is 1. The van der Waals surface area contributed by atoms with Crippen molar-refractivity contribution in [3.8, 4) is 0 Å². The second-order valence-electron chi connectivity index (χ2n) is 7.55. The fraction of sp³-hybridized carbons (Fsp3) is 0.217. The number of hydrogen-bond acceptors (Lipinski definition) is 4. The highest BCUT2D eigenvalue weighted by molar-refractivity contribution is 9.10. The molecule has 2 heterocycles. The van der Waals surface area contributed by atoms with E-state index < -0.39 is 17.9 Å². The second-order valence-corrected chi connectivity index (χ2v) is 8.47. The number of nitrogens with zero attached hydrogens (tertiary/aromatic N) is 2. The van der Waals surface area contributed by atoms with Crippen LogP contribution in [-0.4, -0.2) is 32.7 Å². The smallest absolute Gasteiger partial charge is 0.303 e. The first-order valence-electron chi connectivity index (χ1n) is 9.82. The van der Waals surface area contributed by atoms with Gasteiger partial charge in [-0.1, -0.05) is 40.2 Å². The Morgan fingerprint density at radius 1 is 1.16 bits per heavy atom. The number of aryl methyl sites for hydroxylation is 1. The molecule has 1 unspecified atom stereocenters. The van der Waals surface area contributed by atoms with Crippen LogP contribution >= 0.6 is 15.9 Å². The number of rotatable bonds is 5. The van der Waals surface area contributed by atoms with Gasteiger partial charge in [-0.25, -0.2) is 5.01 Å². The highest BCUT2D eigenvalue weighted by Crippen LogP contribution is 2.33. The van der Waals surface area contributed by atoms with E-state index in [1.54, 1.807) is 6.07 Å². The summed E-state index contributed by atoms with van der Waals surface area (Å²) in [4.78, 5) is 39.6. The lowest BCUT2D eigenvalue weighted by atomic mass is 9.98. The minimum absolute atomic E-state index is 0.187. The molecule has 0 bridgehead atoms. The van der Waals surface area contributed by atoms with Gasteiger partial charge in [0.15, 0.2) is 0 Å². The number of hydrazone groups is 1. The number of carbonyl (C=O) groups is 2. The number of aliphatic carboxylic acids is 1. The molecule has 0 radical (unpaired) electrons. The largest absolute Gasteiger partial charge is 0.481 e. The zero-order valence-corrected chi connectivity index (χ0v) is 18.3. The van der Waals surface area contributed by atoms with Crippen molar-refractivity contribution in [3.05, 3.63) is 80.0 Å². The molecular formula is C23H20BrN3O4. The van der Waals surface area contributed by atoms with Crippen LogP contribution in [0.3, 0.4) is 0 Å². The Labute approximate surface area is 186 Å². The van der Waals surface area contributed by atoms with Crippen molar-refractivity contribution in [2.24, 2.45) is 5.10 Å². The number of pyridine rings is 1. The van der Waals surface area contributed by atoms with E-state index in [1.165, 1.54) is 5.01 Å². The van der Waals surface area contributed by atoms with E-state index in [0.29, 0.717) is 17.7 Å². The van der Waals surface area contributed by atoms with Gasteiger partial charge in [-0.3, -0.25) is 14.4 Å². The molecule has 1 amide bonds. The van der Waals surface area contributed by atoms with Crippen molar-refractivity contribution in [1.82, 2.24) is 9.99 Å². The Kier molecular flexibility index (Phi) is 5.73. The third-order valence-corrected chi connectivity index (χ3v) is 5.81. The number of nitrogens with one attached hydrogen (secondary N) is 1. The van der Waals surface area contributed by atoms with Gasteiger partial charge in [0.05, 0.1) is 18.2 Å². The molecule has 31 heavy (non-hydrogen) atoms. The Bertz CT molecular complexity index is 1260. The number of benzene rings is 2. The molecule has 1 aliphatic heterocycles. The molecule has 3 aromatic rings. The normalized spacial score (nSPS) is 15.9. The average Bonchev–Trinajstić information content (AvgIpc) is 3.17. The number of H-pyrrole nitrogens is 1. The summed E-state index contributed by atoms with van der Waals surface area (Å²) in [7, 11) is 0. The Morgan fingerprint density at radius 3 is 2.61 bits per heavy atom. The molecule has 1 atom stereocenters. The van der Waals surface area contributed by atoms with Crippen LogP contribution in [-0.2, 0) is 9.59 Å². The van der Waals surface area contributed by atoms with Crippen LogP contribution < -0.4 is 5.56 Å². The number of amides is 1. The molecule has 0 fully saturated rings. The molecule has 2 aromatic carbocycles. The molecule has 0 aliphatic carbocycles. The summed E-state index contributed by atoms with van der Waals surface area (Å²) in [5.74, 6) is -1.48. The van der Waals surface area contributed by atoms with Crippen molar-refractivity contribution in [1.29, 1.82) is 0 Å². The second kappa shape index (κ2) is 8.47. The summed E-state index contributed by atoms with van der Waals surface area (Å²) in [6.45, 7) is 1.95. The molecule has 0 spiro atoms. The summed E-state index contributed by atoms with van der Waals surface area (Å²) in [6.07, 6.45) is -0.118. The summed E-state index contributed by atoms with van der Waals surface area (Å²) in [6, 6.07) is 14.5. The van der Waals surface area contributed by atoms with Gasteiger partial charge in [0.1, 0.15) is 0 Å². The van der Waals surface area contributed by atoms with E-state index >= 15 is 0 Å². The van der Waals surface area contributed by atoms with Crippen LogP contribution in [0.1, 0.15) is 42.0 Å². The third kappa shape index (κ3) is 4.44. The SMILES string of the molecule is Cc1ccc2cc(C3CC(c4ccc(Br)cc4)=NN3C(=O)CCC(=O)O)c(=O)[nH]c2c1. The monoisotopic (exact) mass is 481 g/mol. The third-order valence-electron chi connectivity index (χ3n) is 5.29. The fourth-order valence-electron chi connectivity index (χ4n) is 3.71. The highest BCUT2D eigenvalue weighted by Gasteiger charge is 2.34. The Hall–Kier alpha value is -3.26. The lowest BCUT2D eigenvalue weighted by molar-refractivity contribution is -0.141. The molecule has 0 saturated carbocycles. The number of carboxylic acid groups (broad SMARTS) is 1. The molecule has 4 rings (SSSR count). The topological polar surface area (TPSA) is 103 Å². The maximum absolute atomic E-state index is 12.9. The number of halogens is 1. The van der Waals surface area contributed by atoms with E-state index in [2.05, 4.69) is 26.0 Å². The summed E-state index contributed by atoms with van der Waals surface area (Å²) < 4.78 is 0.919. The highest BCUT2D eigenvalue weighted by atomic mass is 79.9. The lowest BCUT2D eigenvalue weighted by Gasteiger charge is -2.21. The lowest BCUT2D eigenvalue weighted by Crippen LogP contribution is -2.31. The van der Waals surface area contributed by atoms with Crippen LogP contribution in [0, 0.1) is 6.92 Å². The van der Waals surface area contributed by atoms with Gasteiger partial charge in [0.25, 0.3) is 5.56 Å². The van der Waals surface area contributed by atoms with Crippen LogP contribution in [0.5, 0.6) is 0 Å². The van der Waals surface area contributed by atoms with E-state index in [4.69, 9.17) is 5.11 Å². The van der Waals surface area contributed by atoms with E-state index in [1.807, 2.05) is 49.4 Å². The van der Waals surface area contributed by atoms with Gasteiger partial charge in [-0.15, -0.1) is 0 Å². The van der Waals surface area contributed by atoms with Gasteiger partial charge < -0.3 is 10.1 Å². The van der Waals surface area contributed by atoms with Crippen molar-refractivity contribution < 1.29 is 14.7 Å². The zero-order valence-electron chi connectivity index (χ0n) is 16.8. The molecule has 2 N–H and O–H groups in total. The molecular weight excluding hydrogens is 462 g/mol. The molecule has 1 aromatic heterocycles. The van der Waals surface area contributed by atoms with Crippen LogP contribution in [0.4, 0.5) is 0 Å². The molecule has 1 aliphatic rings. The Balaban J connectivity index is 1.74. The predicted octanol–water partition coefficient (Wildman–Crippen LogP) is 4.14. The van der Waals surface area contributed by atoms with E-state index in [9.17, 15) is 14.4 Å². The summed E-state index contributed by atoms with van der Waals surface area (Å²) >= 11 is 3.40. The van der Waals surface area contributed by atoms with Gasteiger partial charge in [0, 0.05) is 28.4 Å². The maximum Gasteiger partial charge on any atom is 0.303 e. The molecule has 7 nitrogen and oxygen atoms in total. The standard InChI is InChI=1S/C23H20BrN3O4/c1-13-2-3-15-11-17(23(31)25-18(15)10-13)20-12-19(14-4-6-16(24)7-5-14)26-27(20)21(28)8-9-22(29)30/h2-7,10-11,20H,8-9,12H2,1H3,(H,25,31)(H,29,30). The molecule has 8 heteroatoms. The van der Waals surface area contributed by atoms with Crippen LogP contribution in [0.2, 0.25) is 0 Å². The van der Waals surface area contributed by atoms with Crippen molar-refractivity contribution in [3.63, 3.8) is 0 Å². The number of fused-ring (bicyclic) bond motifs is 1. The number of aromatic amines is 1. The van der Waals surface area contributed by atoms with Crippen molar-refractivity contribution in [2.45, 2.75) is 32.2 Å². The minimum atomic E-state index is -1.06. The van der Waals surface area contributed by atoms with E-state index in [-0.39, 0.29) is 18.4 Å². The Morgan fingerprint density at radius 2 is 1.90 bits per heavy atom. The summed E-state index contributed by atoms with van der Waals surface area (Å²) in [5, 5.41) is 15.6. The molecule has 158 valence electrons. The molecule has 0 saturated heterocycles. The number of hydrogen-bond donors (Lipinski definition) is 2. The number of aromatic nitrogens is 1. The first-order chi connectivity index (χ1) is 14.8. The van der Waals surface area contributed by atoms with Crippen molar-refractivity contribution in [2.75, 3.05) is 0 Å². The van der Waals surface area contributed by atoms with Crippen LogP contribution in [0.25, 0.3) is 10.9 Å². The van der Waals surface area contributed by atoms with Crippen molar-refractivity contribution >= 4 is 44.4 Å². The average molecular weight is 482 g/mol. The summed E-state index contributed by atoms with van der Waals surface area (Å²) in [5.41, 5.74) is 3.41. The quantitative estimate of drug-likeness (QED) is 0.571. The minimum Gasteiger partial charge on any atom is -0.481 e. The first-order valence-corrected chi connectivity index (χ1v) is 10.6. The van der Waals surface area contributed by atoms with E-state index in [0.717, 1.165) is 26.5 Å². The zero-order chi connectivity index (χ0) is 22.1. The van der Waals surface area contributed by atoms with Crippen LogP contribution in [0.15, 0.2) is 62.9 Å². The first kappa shape index (κ1) is 21.0. The number of carboxylic acids is 1. The fourth-order valence-corrected chi connectivity index (χ4v) is 3.97.